The third-order valence-electron chi connectivity index (χ3n) is 3.29. The molecule has 106 valence electrons. The molecular weight excluding hydrogens is 269 g/mol. The van der Waals surface area contributed by atoms with Gasteiger partial charge in [0, 0.05) is 34.9 Å². The van der Waals surface area contributed by atoms with Crippen LogP contribution in [-0.4, -0.2) is 12.1 Å². The van der Waals surface area contributed by atoms with E-state index in [1.54, 1.807) is 24.5 Å². The second-order valence-electron chi connectivity index (χ2n) is 4.60. The van der Waals surface area contributed by atoms with Crippen LogP contribution < -0.4 is 15.8 Å². The number of rotatable bonds is 3. The van der Waals surface area contributed by atoms with E-state index in [0.29, 0.717) is 11.4 Å². The molecule has 3 N–H and O–H groups in total. The summed E-state index contributed by atoms with van der Waals surface area (Å²) in [4.78, 5) is 4.06. The Morgan fingerprint density at radius 3 is 2.81 bits per heavy atom. The highest BCUT2D eigenvalue weighted by atomic mass is 19.1. The molecule has 0 spiro atoms. The lowest BCUT2D eigenvalue weighted by atomic mass is 10.1. The zero-order valence-electron chi connectivity index (χ0n) is 11.4. The van der Waals surface area contributed by atoms with Crippen LogP contribution in [-0.2, 0) is 0 Å². The van der Waals surface area contributed by atoms with Gasteiger partial charge in [0.1, 0.15) is 0 Å². The molecule has 2 aromatic carbocycles. The van der Waals surface area contributed by atoms with Crippen molar-refractivity contribution in [1.82, 2.24) is 4.98 Å². The van der Waals surface area contributed by atoms with E-state index < -0.39 is 5.82 Å². The van der Waals surface area contributed by atoms with Gasteiger partial charge < -0.3 is 15.8 Å². The number of hydrogen-bond acceptors (Lipinski definition) is 4. The first-order valence-corrected chi connectivity index (χ1v) is 6.42. The Balaban J connectivity index is 1.98. The molecule has 0 amide bonds. The minimum Gasteiger partial charge on any atom is -0.494 e. The van der Waals surface area contributed by atoms with E-state index in [9.17, 15) is 4.39 Å². The third kappa shape index (κ3) is 2.45. The Labute approximate surface area is 121 Å². The molecule has 3 rings (SSSR count). The Morgan fingerprint density at radius 1 is 1.19 bits per heavy atom. The minimum absolute atomic E-state index is 0.207. The van der Waals surface area contributed by atoms with E-state index in [4.69, 9.17) is 10.5 Å². The van der Waals surface area contributed by atoms with E-state index in [-0.39, 0.29) is 5.75 Å². The van der Waals surface area contributed by atoms with Crippen LogP contribution >= 0.6 is 0 Å². The Bertz CT molecular complexity index is 805. The molecule has 0 saturated carbocycles. The van der Waals surface area contributed by atoms with Crippen LogP contribution in [0.1, 0.15) is 0 Å². The maximum absolute atomic E-state index is 13.7. The Kier molecular flexibility index (Phi) is 3.31. The summed E-state index contributed by atoms with van der Waals surface area (Å²) in [5, 5.41) is 4.98. The van der Waals surface area contributed by atoms with Gasteiger partial charge in [0.15, 0.2) is 11.6 Å². The van der Waals surface area contributed by atoms with Crippen molar-refractivity contribution in [3.63, 3.8) is 0 Å². The minimum atomic E-state index is -0.425. The van der Waals surface area contributed by atoms with Crippen molar-refractivity contribution in [3.05, 3.63) is 54.6 Å². The van der Waals surface area contributed by atoms with Gasteiger partial charge in [-0.25, -0.2) is 4.39 Å². The number of nitrogens with two attached hydrogens (primary N) is 1. The maximum Gasteiger partial charge on any atom is 0.167 e. The van der Waals surface area contributed by atoms with Crippen molar-refractivity contribution in [2.75, 3.05) is 18.2 Å². The lowest BCUT2D eigenvalue weighted by Crippen LogP contribution is -1.98. The van der Waals surface area contributed by atoms with E-state index in [2.05, 4.69) is 10.3 Å². The molecule has 0 aliphatic heterocycles. The summed E-state index contributed by atoms with van der Waals surface area (Å²) in [5.41, 5.74) is 8.08. The summed E-state index contributed by atoms with van der Waals surface area (Å²) in [6.07, 6.45) is 3.44. The molecule has 0 unspecified atom stereocenters. The van der Waals surface area contributed by atoms with Gasteiger partial charge in [0.2, 0.25) is 0 Å². The quantitative estimate of drug-likeness (QED) is 0.719. The van der Waals surface area contributed by atoms with Crippen LogP contribution in [0.25, 0.3) is 10.8 Å². The first-order chi connectivity index (χ1) is 10.2. The average Bonchev–Trinajstić information content (AvgIpc) is 2.51. The topological polar surface area (TPSA) is 60.2 Å². The van der Waals surface area contributed by atoms with Crippen molar-refractivity contribution in [2.24, 2.45) is 0 Å². The number of anilines is 3. The predicted octanol–water partition coefficient (Wildman–Crippen LogP) is 3.71. The average molecular weight is 283 g/mol. The Hall–Kier alpha value is -2.82. The molecule has 1 heterocycles. The number of nitrogens with one attached hydrogen (secondary N) is 1. The standard InChI is InChI=1S/C16H14FN3O/c1-21-15-5-3-11(8-13(15)17)20-14-4-2-10-9-19-7-6-12(10)16(14)18/h2-9,20H,18H2,1H3. The van der Waals surface area contributed by atoms with Crippen LogP contribution in [0.5, 0.6) is 5.75 Å². The van der Waals surface area contributed by atoms with E-state index in [1.165, 1.54) is 13.2 Å². The number of aromatic nitrogens is 1. The molecule has 21 heavy (non-hydrogen) atoms. The van der Waals surface area contributed by atoms with Crippen molar-refractivity contribution >= 4 is 27.8 Å². The Morgan fingerprint density at radius 2 is 2.05 bits per heavy atom. The van der Waals surface area contributed by atoms with Crippen LogP contribution in [0.2, 0.25) is 0 Å². The number of fused-ring (bicyclic) bond motifs is 1. The molecule has 0 aliphatic rings. The van der Waals surface area contributed by atoms with E-state index >= 15 is 0 Å². The molecule has 4 nitrogen and oxygen atoms in total. The van der Waals surface area contributed by atoms with Gasteiger partial charge in [-0.2, -0.15) is 0 Å². The van der Waals surface area contributed by atoms with Gasteiger partial charge >= 0.3 is 0 Å². The fourth-order valence-electron chi connectivity index (χ4n) is 2.20. The summed E-state index contributed by atoms with van der Waals surface area (Å²) in [6, 6.07) is 10.3. The summed E-state index contributed by atoms with van der Waals surface area (Å²) < 4.78 is 18.6. The monoisotopic (exact) mass is 283 g/mol. The molecule has 0 aliphatic carbocycles. The number of benzene rings is 2. The number of halogens is 1. The molecule has 3 aromatic rings. The predicted molar refractivity (Wildman–Crippen MR) is 82.4 cm³/mol. The molecule has 0 radical (unpaired) electrons. The summed E-state index contributed by atoms with van der Waals surface area (Å²) in [6.45, 7) is 0. The number of methoxy groups -OCH3 is 1. The molecule has 1 aromatic heterocycles. The fourth-order valence-corrected chi connectivity index (χ4v) is 2.20. The molecule has 0 fully saturated rings. The van der Waals surface area contributed by atoms with Crippen LogP contribution in [0, 0.1) is 5.82 Å². The van der Waals surface area contributed by atoms with Crippen LogP contribution in [0.4, 0.5) is 21.5 Å². The van der Waals surface area contributed by atoms with Gasteiger partial charge in [0.25, 0.3) is 0 Å². The second kappa shape index (κ2) is 5.28. The van der Waals surface area contributed by atoms with Gasteiger partial charge in [-0.05, 0) is 24.3 Å². The van der Waals surface area contributed by atoms with Crippen molar-refractivity contribution < 1.29 is 9.13 Å². The zero-order valence-corrected chi connectivity index (χ0v) is 11.4. The van der Waals surface area contributed by atoms with Crippen molar-refractivity contribution in [2.45, 2.75) is 0 Å². The molecule has 0 saturated heterocycles. The van der Waals surface area contributed by atoms with Gasteiger partial charge in [-0.3, -0.25) is 4.98 Å². The van der Waals surface area contributed by atoms with Gasteiger partial charge in [-0.15, -0.1) is 0 Å². The summed E-state index contributed by atoms with van der Waals surface area (Å²) >= 11 is 0. The highest BCUT2D eigenvalue weighted by Crippen LogP contribution is 2.31. The molecule has 0 bridgehead atoms. The number of nitrogen functional groups attached to an aromatic ring is 1. The zero-order chi connectivity index (χ0) is 14.8. The van der Waals surface area contributed by atoms with Crippen LogP contribution in [0.3, 0.4) is 0 Å². The van der Waals surface area contributed by atoms with Gasteiger partial charge in [0.05, 0.1) is 18.5 Å². The molecule has 5 heteroatoms. The number of hydrogen-bond donors (Lipinski definition) is 2. The van der Waals surface area contributed by atoms with Crippen molar-refractivity contribution in [1.29, 1.82) is 0 Å². The maximum atomic E-state index is 13.7. The number of pyridine rings is 1. The lowest BCUT2D eigenvalue weighted by Gasteiger charge is -2.12. The normalized spacial score (nSPS) is 10.6. The highest BCUT2D eigenvalue weighted by molar-refractivity contribution is 5.99. The SMILES string of the molecule is COc1ccc(Nc2ccc3cnccc3c2N)cc1F. The second-order valence-corrected chi connectivity index (χ2v) is 4.60. The summed E-state index contributed by atoms with van der Waals surface area (Å²) in [7, 11) is 1.43. The van der Waals surface area contributed by atoms with Crippen molar-refractivity contribution in [3.8, 4) is 5.75 Å². The van der Waals surface area contributed by atoms with E-state index in [1.807, 2.05) is 18.2 Å². The lowest BCUT2D eigenvalue weighted by molar-refractivity contribution is 0.386. The van der Waals surface area contributed by atoms with Crippen LogP contribution in [0.15, 0.2) is 48.8 Å². The number of nitrogens with zero attached hydrogens (tertiary/aromatic N) is 1. The molecule has 0 atom stereocenters. The first kappa shape index (κ1) is 13.2. The number of ether oxygens (including phenoxy) is 1. The van der Waals surface area contributed by atoms with Gasteiger partial charge in [-0.1, -0.05) is 6.07 Å². The fraction of sp³-hybridized carbons (Fsp3) is 0.0625. The third-order valence-corrected chi connectivity index (χ3v) is 3.29. The molecular formula is C16H14FN3O. The summed E-state index contributed by atoms with van der Waals surface area (Å²) in [5.74, 6) is -0.218. The highest BCUT2D eigenvalue weighted by Gasteiger charge is 2.07. The largest absolute Gasteiger partial charge is 0.494 e. The smallest absolute Gasteiger partial charge is 0.167 e. The van der Waals surface area contributed by atoms with E-state index in [0.717, 1.165) is 16.5 Å². The first-order valence-electron chi connectivity index (χ1n) is 6.42.